The van der Waals surface area contributed by atoms with Crippen molar-refractivity contribution in [1.82, 2.24) is 5.32 Å². The van der Waals surface area contributed by atoms with E-state index in [0.29, 0.717) is 23.6 Å². The Balaban J connectivity index is 1.71. The number of amides is 2. The Morgan fingerprint density at radius 1 is 1.07 bits per heavy atom. The number of benzene rings is 2. The van der Waals surface area contributed by atoms with Crippen molar-refractivity contribution in [2.45, 2.75) is 11.3 Å². The van der Waals surface area contributed by atoms with E-state index in [-0.39, 0.29) is 29.8 Å². The highest BCUT2D eigenvalue weighted by Crippen LogP contribution is 2.09. The molecule has 1 atom stereocenters. The largest absolute Gasteiger partial charge is 0.351 e. The summed E-state index contributed by atoms with van der Waals surface area (Å²) in [5.74, 6) is -0.986. The van der Waals surface area contributed by atoms with Gasteiger partial charge in [-0.1, -0.05) is 18.2 Å². The fraction of sp³-hybridized carbons (Fsp3) is 0.263. The number of hydrogen-bond donors (Lipinski definition) is 4. The van der Waals surface area contributed by atoms with Crippen molar-refractivity contribution < 1.29 is 27.3 Å². The van der Waals surface area contributed by atoms with Crippen molar-refractivity contribution in [1.29, 1.82) is 0 Å². The molecule has 2 aromatic rings. The van der Waals surface area contributed by atoms with Crippen LogP contribution in [0, 0.1) is 5.82 Å². The van der Waals surface area contributed by atoms with Gasteiger partial charge in [0, 0.05) is 12.2 Å². The Hall–Kier alpha value is -2.82. The second-order valence-corrected chi connectivity index (χ2v) is 8.22. The highest BCUT2D eigenvalue weighted by molar-refractivity contribution is 7.89. The first-order valence-corrected chi connectivity index (χ1v) is 10.4. The molecule has 5 N–H and O–H groups in total. The molecule has 1 unspecified atom stereocenters. The summed E-state index contributed by atoms with van der Waals surface area (Å²) in [6, 6.07) is 11.7. The van der Waals surface area contributed by atoms with E-state index in [0.717, 1.165) is 5.56 Å². The quantitative estimate of drug-likeness (QED) is 0.425. The number of nitrogens with two attached hydrogens (primary N) is 1. The van der Waals surface area contributed by atoms with Crippen LogP contribution in [0.15, 0.2) is 53.4 Å². The molecule has 0 radical (unpaired) electrons. The Bertz CT molecular complexity index is 964. The molecule has 2 rings (SSSR count). The maximum atomic E-state index is 13.1. The number of sulfonamides is 1. The lowest BCUT2D eigenvalue weighted by atomic mass is 10.1. The Morgan fingerprint density at radius 3 is 2.34 bits per heavy atom. The number of carbonyl (C=O) groups excluding carboxylic acids is 2. The van der Waals surface area contributed by atoms with E-state index >= 15 is 0 Å². The van der Waals surface area contributed by atoms with Gasteiger partial charge < -0.3 is 15.5 Å². The zero-order valence-corrected chi connectivity index (χ0v) is 16.8. The van der Waals surface area contributed by atoms with Gasteiger partial charge in [-0.15, -0.1) is 0 Å². The van der Waals surface area contributed by atoms with Crippen LogP contribution in [0.2, 0.25) is 0 Å². The van der Waals surface area contributed by atoms with Crippen LogP contribution in [0.4, 0.5) is 10.1 Å². The predicted molar refractivity (Wildman–Crippen MR) is 106 cm³/mol. The monoisotopic (exact) mass is 423 g/mol. The molecule has 0 bridgehead atoms. The van der Waals surface area contributed by atoms with Gasteiger partial charge in [-0.05, 0) is 42.3 Å². The van der Waals surface area contributed by atoms with Crippen molar-refractivity contribution in [3.8, 4) is 0 Å². The van der Waals surface area contributed by atoms with Crippen molar-refractivity contribution in [3.63, 3.8) is 0 Å². The summed E-state index contributed by atoms with van der Waals surface area (Å²) in [4.78, 5) is 24.7. The van der Waals surface area contributed by atoms with Crippen LogP contribution in [-0.4, -0.2) is 46.9 Å². The summed E-state index contributed by atoms with van der Waals surface area (Å²) in [6.45, 7) is 0.524. The normalized spacial score (nSPS) is 12.2. The predicted octanol–water partition coefficient (Wildman–Crippen LogP) is -0.715. The molecule has 0 aliphatic carbocycles. The summed E-state index contributed by atoms with van der Waals surface area (Å²) in [6.07, 6.45) is 0.524. The number of anilines is 1. The maximum Gasteiger partial charge on any atom is 0.279 e. The number of rotatable bonds is 9. The molecule has 0 heterocycles. The topological polar surface area (TPSA) is 123 Å². The highest BCUT2D eigenvalue weighted by atomic mass is 32.2. The lowest BCUT2D eigenvalue weighted by molar-refractivity contribution is -0.862. The van der Waals surface area contributed by atoms with Gasteiger partial charge in [-0.3, -0.25) is 9.59 Å². The number of likely N-dealkylation sites (N-methyl/N-ethyl adjacent to an activating group) is 1. The van der Waals surface area contributed by atoms with Gasteiger partial charge in [-0.25, -0.2) is 17.9 Å². The number of carbonyl (C=O) groups is 2. The van der Waals surface area contributed by atoms with Crippen molar-refractivity contribution in [3.05, 3.63) is 59.9 Å². The second kappa shape index (κ2) is 10.1. The van der Waals surface area contributed by atoms with Crippen LogP contribution in [0.3, 0.4) is 0 Å². The van der Waals surface area contributed by atoms with E-state index in [4.69, 9.17) is 5.14 Å². The van der Waals surface area contributed by atoms with E-state index in [2.05, 4.69) is 10.6 Å². The maximum absolute atomic E-state index is 13.1. The number of nitrogens with one attached hydrogen (secondary N) is 3. The first kappa shape index (κ1) is 22.5. The van der Waals surface area contributed by atoms with E-state index < -0.39 is 15.8 Å². The molecule has 2 amide bonds. The van der Waals surface area contributed by atoms with Crippen molar-refractivity contribution in [2.24, 2.45) is 5.14 Å². The minimum absolute atomic E-state index is 0.0343. The Morgan fingerprint density at radius 2 is 1.72 bits per heavy atom. The van der Waals surface area contributed by atoms with Gasteiger partial charge in [0.2, 0.25) is 10.0 Å². The van der Waals surface area contributed by atoms with Crippen LogP contribution in [-0.2, 0) is 26.0 Å². The summed E-state index contributed by atoms with van der Waals surface area (Å²) < 4.78 is 35.6. The number of halogens is 1. The third kappa shape index (κ3) is 7.98. The minimum atomic E-state index is -3.72. The van der Waals surface area contributed by atoms with Gasteiger partial charge >= 0.3 is 0 Å². The van der Waals surface area contributed by atoms with Crippen LogP contribution >= 0.6 is 0 Å². The van der Waals surface area contributed by atoms with E-state index in [1.807, 2.05) is 0 Å². The van der Waals surface area contributed by atoms with Gasteiger partial charge in [0.1, 0.15) is 5.82 Å². The molecule has 2 aromatic carbocycles. The SMILES string of the molecule is C[NH+](CC(=O)NCCc1ccc(S(N)(=O)=O)cc1)CC(=O)Nc1cccc(F)c1. The molecule has 0 aromatic heterocycles. The first-order chi connectivity index (χ1) is 13.6. The fourth-order valence-electron chi connectivity index (χ4n) is 2.64. The summed E-state index contributed by atoms with van der Waals surface area (Å²) in [5, 5.41) is 10.4. The van der Waals surface area contributed by atoms with Gasteiger partial charge in [0.25, 0.3) is 11.8 Å². The molecule has 0 spiro atoms. The third-order valence-corrected chi connectivity index (χ3v) is 4.95. The number of hydrogen-bond acceptors (Lipinski definition) is 4. The zero-order chi connectivity index (χ0) is 21.4. The molecular formula is C19H24FN4O4S+. The first-order valence-electron chi connectivity index (χ1n) is 8.88. The number of primary sulfonamides is 1. The smallest absolute Gasteiger partial charge is 0.279 e. The van der Waals surface area contributed by atoms with Gasteiger partial charge in [0.05, 0.1) is 11.9 Å². The lowest BCUT2D eigenvalue weighted by Crippen LogP contribution is -3.11. The van der Waals surface area contributed by atoms with Crippen molar-refractivity contribution in [2.75, 3.05) is 32.0 Å². The third-order valence-electron chi connectivity index (χ3n) is 4.02. The molecule has 0 saturated heterocycles. The van der Waals surface area contributed by atoms with Crippen molar-refractivity contribution >= 4 is 27.5 Å². The molecular weight excluding hydrogens is 399 g/mol. The minimum Gasteiger partial charge on any atom is -0.351 e. The summed E-state index contributed by atoms with van der Waals surface area (Å²) in [5.41, 5.74) is 1.22. The molecule has 0 fully saturated rings. The second-order valence-electron chi connectivity index (χ2n) is 6.66. The molecule has 0 aliphatic rings. The highest BCUT2D eigenvalue weighted by Gasteiger charge is 2.14. The van der Waals surface area contributed by atoms with Crippen LogP contribution < -0.4 is 20.7 Å². The molecule has 10 heteroatoms. The van der Waals surface area contributed by atoms with Gasteiger partial charge in [-0.2, -0.15) is 0 Å². The molecule has 0 saturated carbocycles. The zero-order valence-electron chi connectivity index (χ0n) is 15.9. The fourth-order valence-corrected chi connectivity index (χ4v) is 3.15. The molecule has 29 heavy (non-hydrogen) atoms. The van der Waals surface area contributed by atoms with E-state index in [1.54, 1.807) is 25.2 Å². The van der Waals surface area contributed by atoms with Crippen LogP contribution in [0.25, 0.3) is 0 Å². The standard InChI is InChI=1S/C19H23FN4O4S/c1-24(13-19(26)23-16-4-2-3-15(20)11-16)12-18(25)22-10-9-14-5-7-17(8-6-14)29(21,27)28/h2-8,11H,9-10,12-13H2,1H3,(H,22,25)(H,23,26)(H2,21,27,28)/p+1. The molecule has 0 aliphatic heterocycles. The summed E-state index contributed by atoms with van der Waals surface area (Å²) >= 11 is 0. The van der Waals surface area contributed by atoms with Crippen LogP contribution in [0.1, 0.15) is 5.56 Å². The summed E-state index contributed by atoms with van der Waals surface area (Å²) in [7, 11) is -2.02. The van der Waals surface area contributed by atoms with Crippen LogP contribution in [0.5, 0.6) is 0 Å². The molecule has 156 valence electrons. The Kier molecular flexibility index (Phi) is 7.82. The average Bonchev–Trinajstić information content (AvgIpc) is 2.61. The molecule has 8 nitrogen and oxygen atoms in total. The average molecular weight is 423 g/mol. The lowest BCUT2D eigenvalue weighted by Gasteiger charge is -2.14. The van der Waals surface area contributed by atoms with E-state index in [1.165, 1.54) is 30.3 Å². The number of quaternary nitrogens is 1. The van der Waals surface area contributed by atoms with Gasteiger partial charge in [0.15, 0.2) is 13.1 Å². The van der Waals surface area contributed by atoms with E-state index in [9.17, 15) is 22.4 Å². The Labute approximate surface area is 168 Å².